The molecule has 1 atom stereocenters. The third-order valence-electron chi connectivity index (χ3n) is 2.81. The van der Waals surface area contributed by atoms with Gasteiger partial charge in [0.1, 0.15) is 12.0 Å². The molecule has 0 bridgehead atoms. The lowest BCUT2D eigenvalue weighted by Crippen LogP contribution is -2.46. The maximum atomic E-state index is 12.1. The van der Waals surface area contributed by atoms with Gasteiger partial charge < -0.3 is 19.2 Å². The summed E-state index contributed by atoms with van der Waals surface area (Å²) >= 11 is 0. The first-order valence-electron chi connectivity index (χ1n) is 5.74. The van der Waals surface area contributed by atoms with Crippen molar-refractivity contribution in [2.24, 2.45) is 0 Å². The van der Waals surface area contributed by atoms with E-state index in [-0.39, 0.29) is 12.3 Å². The van der Waals surface area contributed by atoms with Crippen LogP contribution in [0.4, 0.5) is 0 Å². The van der Waals surface area contributed by atoms with Gasteiger partial charge in [-0.15, -0.1) is 0 Å². The number of aliphatic carboxylic acids is 1. The van der Waals surface area contributed by atoms with E-state index in [1.165, 1.54) is 6.26 Å². The molecular weight excluding hydrogens is 238 g/mol. The van der Waals surface area contributed by atoms with Crippen LogP contribution >= 0.6 is 0 Å². The number of amides is 1. The SMILES string of the molecule is Cc1cc(C(=O)N2CCOC(CC(=O)O)C2)co1. The van der Waals surface area contributed by atoms with E-state index in [4.69, 9.17) is 14.3 Å². The van der Waals surface area contributed by atoms with Gasteiger partial charge in [0, 0.05) is 13.1 Å². The number of carboxylic acids is 1. The molecule has 6 nitrogen and oxygen atoms in total. The van der Waals surface area contributed by atoms with Gasteiger partial charge in [0.05, 0.1) is 24.7 Å². The zero-order valence-electron chi connectivity index (χ0n) is 10.1. The molecule has 2 rings (SSSR count). The normalized spacial score (nSPS) is 19.8. The van der Waals surface area contributed by atoms with Crippen LogP contribution in [0.25, 0.3) is 0 Å². The maximum absolute atomic E-state index is 12.1. The summed E-state index contributed by atoms with van der Waals surface area (Å²) in [5.41, 5.74) is 0.489. The number of carbonyl (C=O) groups is 2. The fourth-order valence-electron chi connectivity index (χ4n) is 1.96. The molecule has 2 heterocycles. The van der Waals surface area contributed by atoms with Crippen molar-refractivity contribution in [1.29, 1.82) is 0 Å². The summed E-state index contributed by atoms with van der Waals surface area (Å²) in [5.74, 6) is -0.396. The van der Waals surface area contributed by atoms with Crippen molar-refractivity contribution in [3.8, 4) is 0 Å². The van der Waals surface area contributed by atoms with E-state index >= 15 is 0 Å². The lowest BCUT2D eigenvalue weighted by molar-refractivity contribution is -0.141. The Morgan fingerprint density at radius 2 is 2.33 bits per heavy atom. The van der Waals surface area contributed by atoms with Crippen molar-refractivity contribution < 1.29 is 23.8 Å². The van der Waals surface area contributed by atoms with Crippen molar-refractivity contribution in [3.05, 3.63) is 23.7 Å². The highest BCUT2D eigenvalue weighted by atomic mass is 16.5. The van der Waals surface area contributed by atoms with E-state index in [1.54, 1.807) is 17.9 Å². The van der Waals surface area contributed by atoms with Crippen LogP contribution in [0.15, 0.2) is 16.7 Å². The Hall–Kier alpha value is -1.82. The molecule has 0 spiro atoms. The van der Waals surface area contributed by atoms with E-state index in [9.17, 15) is 9.59 Å². The molecule has 1 aromatic heterocycles. The molecular formula is C12H15NO5. The quantitative estimate of drug-likeness (QED) is 0.865. The lowest BCUT2D eigenvalue weighted by atomic mass is 10.2. The summed E-state index contributed by atoms with van der Waals surface area (Å²) in [7, 11) is 0. The minimum Gasteiger partial charge on any atom is -0.481 e. The van der Waals surface area contributed by atoms with E-state index in [1.807, 2.05) is 0 Å². The Balaban J connectivity index is 2.00. The van der Waals surface area contributed by atoms with Crippen molar-refractivity contribution in [2.45, 2.75) is 19.4 Å². The van der Waals surface area contributed by atoms with E-state index in [2.05, 4.69) is 0 Å². The zero-order valence-corrected chi connectivity index (χ0v) is 10.1. The molecule has 1 aliphatic rings. The average molecular weight is 253 g/mol. The summed E-state index contributed by atoms with van der Waals surface area (Å²) in [6.45, 7) is 2.90. The summed E-state index contributed by atoms with van der Waals surface area (Å²) in [4.78, 5) is 24.3. The third kappa shape index (κ3) is 2.89. The summed E-state index contributed by atoms with van der Waals surface area (Å²) < 4.78 is 10.4. The van der Waals surface area contributed by atoms with Gasteiger partial charge >= 0.3 is 5.97 Å². The molecule has 1 saturated heterocycles. The molecule has 6 heteroatoms. The van der Waals surface area contributed by atoms with Gasteiger partial charge in [0.2, 0.25) is 0 Å². The lowest BCUT2D eigenvalue weighted by Gasteiger charge is -2.32. The standard InChI is InChI=1S/C12H15NO5/c1-8-4-9(7-18-8)12(16)13-2-3-17-10(6-13)5-11(14)15/h4,7,10H,2-3,5-6H2,1H3,(H,14,15). The Morgan fingerprint density at radius 3 is 2.94 bits per heavy atom. The number of nitrogens with zero attached hydrogens (tertiary/aromatic N) is 1. The van der Waals surface area contributed by atoms with Gasteiger partial charge in [-0.2, -0.15) is 0 Å². The van der Waals surface area contributed by atoms with Gasteiger partial charge in [0.25, 0.3) is 5.91 Å². The largest absolute Gasteiger partial charge is 0.481 e. The second-order valence-electron chi connectivity index (χ2n) is 4.29. The Morgan fingerprint density at radius 1 is 1.56 bits per heavy atom. The van der Waals surface area contributed by atoms with Crippen LogP contribution in [-0.4, -0.2) is 47.7 Å². The minimum absolute atomic E-state index is 0.0891. The number of aryl methyl sites for hydroxylation is 1. The highest BCUT2D eigenvalue weighted by Crippen LogP contribution is 2.14. The fourth-order valence-corrected chi connectivity index (χ4v) is 1.96. The topological polar surface area (TPSA) is 80.0 Å². The minimum atomic E-state index is -0.923. The second kappa shape index (κ2) is 5.22. The van der Waals surface area contributed by atoms with Gasteiger partial charge in [-0.25, -0.2) is 0 Å². The molecule has 98 valence electrons. The maximum Gasteiger partial charge on any atom is 0.306 e. The van der Waals surface area contributed by atoms with Gasteiger partial charge in [0.15, 0.2) is 0 Å². The van der Waals surface area contributed by atoms with E-state index in [0.717, 1.165) is 0 Å². The van der Waals surface area contributed by atoms with Gasteiger partial charge in [-0.05, 0) is 13.0 Å². The first kappa shape index (κ1) is 12.6. The molecule has 0 aromatic carbocycles. The monoisotopic (exact) mass is 253 g/mol. The first-order chi connectivity index (χ1) is 8.56. The predicted octanol–water partition coefficient (Wildman–Crippen LogP) is 0.904. The van der Waals surface area contributed by atoms with E-state index < -0.39 is 12.1 Å². The van der Waals surface area contributed by atoms with Crippen LogP contribution in [0.5, 0.6) is 0 Å². The van der Waals surface area contributed by atoms with Crippen LogP contribution in [0.3, 0.4) is 0 Å². The molecule has 0 aliphatic carbocycles. The molecule has 1 amide bonds. The number of rotatable bonds is 3. The van der Waals surface area contributed by atoms with Crippen molar-refractivity contribution in [3.63, 3.8) is 0 Å². The molecule has 18 heavy (non-hydrogen) atoms. The smallest absolute Gasteiger partial charge is 0.306 e. The molecule has 1 aromatic rings. The van der Waals surface area contributed by atoms with Crippen molar-refractivity contribution >= 4 is 11.9 Å². The van der Waals surface area contributed by atoms with Crippen LogP contribution in [-0.2, 0) is 9.53 Å². The third-order valence-corrected chi connectivity index (χ3v) is 2.81. The Bertz CT molecular complexity index is 453. The molecule has 1 aliphatic heterocycles. The molecule has 1 fully saturated rings. The Labute approximate surface area is 104 Å². The zero-order chi connectivity index (χ0) is 13.1. The number of hydrogen-bond acceptors (Lipinski definition) is 4. The summed E-state index contributed by atoms with van der Waals surface area (Å²) in [6, 6.07) is 1.67. The summed E-state index contributed by atoms with van der Waals surface area (Å²) in [6.07, 6.45) is 0.890. The van der Waals surface area contributed by atoms with Crippen LogP contribution in [0.1, 0.15) is 22.5 Å². The van der Waals surface area contributed by atoms with Crippen LogP contribution in [0, 0.1) is 6.92 Å². The second-order valence-corrected chi connectivity index (χ2v) is 4.29. The molecule has 0 radical (unpaired) electrons. The fraction of sp³-hybridized carbons (Fsp3) is 0.500. The molecule has 1 N–H and O–H groups in total. The van der Waals surface area contributed by atoms with Crippen LogP contribution in [0.2, 0.25) is 0 Å². The van der Waals surface area contributed by atoms with Gasteiger partial charge in [-0.1, -0.05) is 0 Å². The number of morpholine rings is 1. The van der Waals surface area contributed by atoms with Crippen LogP contribution < -0.4 is 0 Å². The highest BCUT2D eigenvalue weighted by molar-refractivity contribution is 5.94. The average Bonchev–Trinajstić information content (AvgIpc) is 2.74. The number of carbonyl (C=O) groups excluding carboxylic acids is 1. The Kier molecular flexibility index (Phi) is 3.66. The highest BCUT2D eigenvalue weighted by Gasteiger charge is 2.27. The van der Waals surface area contributed by atoms with Crippen molar-refractivity contribution in [1.82, 2.24) is 4.90 Å². The van der Waals surface area contributed by atoms with Gasteiger partial charge in [-0.3, -0.25) is 9.59 Å². The first-order valence-corrected chi connectivity index (χ1v) is 5.74. The number of hydrogen-bond donors (Lipinski definition) is 1. The molecule has 1 unspecified atom stereocenters. The number of ether oxygens (including phenoxy) is 1. The summed E-state index contributed by atoms with van der Waals surface area (Å²) in [5, 5.41) is 8.71. The predicted molar refractivity (Wildman–Crippen MR) is 61.3 cm³/mol. The van der Waals surface area contributed by atoms with Crippen molar-refractivity contribution in [2.75, 3.05) is 19.7 Å². The molecule has 0 saturated carbocycles. The number of furan rings is 1. The van der Waals surface area contributed by atoms with E-state index in [0.29, 0.717) is 31.0 Å². The number of carboxylic acid groups (broad SMARTS) is 1.